The summed E-state index contributed by atoms with van der Waals surface area (Å²) in [4.78, 5) is 0. The largest absolute Gasteiger partial charge is 0.393 e. The van der Waals surface area contributed by atoms with Crippen molar-refractivity contribution in [3.63, 3.8) is 0 Å². The van der Waals surface area contributed by atoms with Gasteiger partial charge in [0.25, 0.3) is 0 Å². The fourth-order valence-corrected chi connectivity index (χ4v) is 3.62. The van der Waals surface area contributed by atoms with Crippen LogP contribution in [0.2, 0.25) is 0 Å². The summed E-state index contributed by atoms with van der Waals surface area (Å²) in [5.41, 5.74) is 4.93. The van der Waals surface area contributed by atoms with Crippen LogP contribution >= 0.6 is 0 Å². The van der Waals surface area contributed by atoms with Crippen LogP contribution < -0.4 is 5.73 Å². The minimum Gasteiger partial charge on any atom is -0.393 e. The van der Waals surface area contributed by atoms with E-state index in [4.69, 9.17) is 0 Å². The minimum atomic E-state index is 0.00144. The van der Waals surface area contributed by atoms with Crippen LogP contribution in [0.4, 0.5) is 0 Å². The maximum atomic E-state index is 10.2. The second-order valence-corrected chi connectivity index (χ2v) is 5.99. The second-order valence-electron chi connectivity index (χ2n) is 5.99. The molecule has 2 nitrogen and oxygen atoms in total. The highest BCUT2D eigenvalue weighted by Crippen LogP contribution is 2.61. The molecule has 3 aliphatic rings. The van der Waals surface area contributed by atoms with Gasteiger partial charge < -0.3 is 10.8 Å². The van der Waals surface area contributed by atoms with Gasteiger partial charge >= 0.3 is 0 Å². The van der Waals surface area contributed by atoms with E-state index in [2.05, 4.69) is 26.5 Å². The first-order valence-electron chi connectivity index (χ1n) is 6.83. The van der Waals surface area contributed by atoms with Crippen LogP contribution in [0.5, 0.6) is 0 Å². The number of rotatable bonds is 3. The van der Waals surface area contributed by atoms with Crippen molar-refractivity contribution in [2.24, 2.45) is 28.9 Å². The van der Waals surface area contributed by atoms with E-state index in [-0.39, 0.29) is 6.10 Å². The molecule has 3 N–H and O–H groups in total. The quantitative estimate of drug-likeness (QED) is 0.779. The molecule has 0 aromatic heterocycles. The van der Waals surface area contributed by atoms with Crippen molar-refractivity contribution in [3.05, 3.63) is 0 Å². The first kappa shape index (κ1) is 14.0. The molecular weight excluding hydrogens is 198 g/mol. The zero-order chi connectivity index (χ0) is 12.3. The molecule has 2 bridgehead atoms. The molecule has 0 aromatic carbocycles. The number of unbranched alkanes of at least 4 members (excludes halogenated alkanes) is 1. The monoisotopic (exact) mass is 227 g/mol. The fourth-order valence-electron chi connectivity index (χ4n) is 3.62. The van der Waals surface area contributed by atoms with Crippen LogP contribution in [0.1, 0.15) is 52.9 Å². The van der Waals surface area contributed by atoms with Crippen LogP contribution in [0, 0.1) is 23.2 Å². The van der Waals surface area contributed by atoms with E-state index in [0.717, 1.165) is 5.92 Å². The maximum absolute atomic E-state index is 10.2. The van der Waals surface area contributed by atoms with Gasteiger partial charge in [-0.05, 0) is 49.5 Å². The molecule has 3 fully saturated rings. The van der Waals surface area contributed by atoms with Crippen molar-refractivity contribution in [3.8, 4) is 0 Å². The van der Waals surface area contributed by atoms with Crippen molar-refractivity contribution >= 4 is 0 Å². The smallest absolute Gasteiger partial charge is 0.0601 e. The topological polar surface area (TPSA) is 46.2 Å². The van der Waals surface area contributed by atoms with Gasteiger partial charge in [-0.3, -0.25) is 0 Å². The molecule has 16 heavy (non-hydrogen) atoms. The van der Waals surface area contributed by atoms with Crippen molar-refractivity contribution in [2.75, 3.05) is 7.05 Å². The van der Waals surface area contributed by atoms with E-state index < -0.39 is 0 Å². The van der Waals surface area contributed by atoms with Gasteiger partial charge in [-0.15, -0.1) is 0 Å². The Morgan fingerprint density at radius 2 is 1.88 bits per heavy atom. The summed E-state index contributed by atoms with van der Waals surface area (Å²) in [5.74, 6) is 2.12. The Kier molecular flexibility index (Phi) is 4.81. The third-order valence-electron chi connectivity index (χ3n) is 4.96. The molecule has 2 heteroatoms. The van der Waals surface area contributed by atoms with Gasteiger partial charge in [-0.2, -0.15) is 0 Å². The first-order valence-corrected chi connectivity index (χ1v) is 6.83. The van der Waals surface area contributed by atoms with E-state index in [1.807, 2.05) is 0 Å². The standard InChI is InChI=1S/C13H24O.CH5N/c1-4-5-6-9-7-10-8-11(12(9)14)13(10,2)3;1-2/h9-12,14H,4-8H2,1-3H3;2H2,1H3. The number of aliphatic hydroxyl groups excluding tert-OH is 1. The predicted molar refractivity (Wildman–Crippen MR) is 69.1 cm³/mol. The summed E-state index contributed by atoms with van der Waals surface area (Å²) in [6.07, 6.45) is 6.38. The number of aliphatic hydroxyl groups is 1. The third kappa shape index (κ3) is 2.28. The summed E-state index contributed by atoms with van der Waals surface area (Å²) in [5, 5.41) is 10.2. The molecule has 4 unspecified atom stereocenters. The highest BCUT2D eigenvalue weighted by atomic mass is 16.3. The van der Waals surface area contributed by atoms with E-state index in [1.54, 1.807) is 0 Å². The normalized spacial score (nSPS) is 39.4. The van der Waals surface area contributed by atoms with Crippen molar-refractivity contribution in [1.82, 2.24) is 0 Å². The fraction of sp³-hybridized carbons (Fsp3) is 1.00. The Morgan fingerprint density at radius 1 is 1.25 bits per heavy atom. The van der Waals surface area contributed by atoms with Crippen LogP contribution in [0.3, 0.4) is 0 Å². The molecule has 0 aromatic rings. The molecule has 3 aliphatic carbocycles. The van der Waals surface area contributed by atoms with Gasteiger partial charge in [0.15, 0.2) is 0 Å². The number of fused-ring (bicyclic) bond motifs is 2. The van der Waals surface area contributed by atoms with Gasteiger partial charge in [-0.1, -0.05) is 33.6 Å². The highest BCUT2D eigenvalue weighted by molar-refractivity contribution is 5.06. The second kappa shape index (κ2) is 5.50. The van der Waals surface area contributed by atoms with Crippen LogP contribution in [0.15, 0.2) is 0 Å². The van der Waals surface area contributed by atoms with E-state index >= 15 is 0 Å². The van der Waals surface area contributed by atoms with Gasteiger partial charge in [0.05, 0.1) is 6.10 Å². The van der Waals surface area contributed by atoms with E-state index in [9.17, 15) is 5.11 Å². The zero-order valence-electron chi connectivity index (χ0n) is 11.4. The lowest BCUT2D eigenvalue weighted by Gasteiger charge is -2.61. The zero-order valence-corrected chi connectivity index (χ0v) is 11.4. The van der Waals surface area contributed by atoms with Crippen molar-refractivity contribution in [2.45, 2.75) is 59.0 Å². The summed E-state index contributed by atoms with van der Waals surface area (Å²) < 4.78 is 0. The Morgan fingerprint density at radius 3 is 2.31 bits per heavy atom. The van der Waals surface area contributed by atoms with Gasteiger partial charge in [-0.25, -0.2) is 0 Å². The van der Waals surface area contributed by atoms with Gasteiger partial charge in [0.2, 0.25) is 0 Å². The molecule has 3 rings (SSSR count). The van der Waals surface area contributed by atoms with Gasteiger partial charge in [0.1, 0.15) is 0 Å². The summed E-state index contributed by atoms with van der Waals surface area (Å²) in [6, 6.07) is 0. The van der Waals surface area contributed by atoms with E-state index in [1.165, 1.54) is 39.2 Å². The van der Waals surface area contributed by atoms with Crippen molar-refractivity contribution < 1.29 is 5.11 Å². The molecule has 3 saturated carbocycles. The Labute approximate surface area is 101 Å². The lowest BCUT2D eigenvalue weighted by molar-refractivity contribution is -0.171. The first-order chi connectivity index (χ1) is 7.57. The Balaban J connectivity index is 0.000000606. The van der Waals surface area contributed by atoms with Crippen molar-refractivity contribution in [1.29, 1.82) is 0 Å². The molecular formula is C14H29NO. The Hall–Kier alpha value is -0.0800. The average Bonchev–Trinajstić information content (AvgIpc) is 2.29. The summed E-state index contributed by atoms with van der Waals surface area (Å²) in [6.45, 7) is 6.91. The summed E-state index contributed by atoms with van der Waals surface area (Å²) in [7, 11) is 1.50. The lowest BCUT2D eigenvalue weighted by Crippen LogP contribution is -2.58. The average molecular weight is 227 g/mol. The summed E-state index contributed by atoms with van der Waals surface area (Å²) >= 11 is 0. The molecule has 0 heterocycles. The van der Waals surface area contributed by atoms with Crippen LogP contribution in [-0.2, 0) is 0 Å². The molecule has 0 radical (unpaired) electrons. The molecule has 0 spiro atoms. The maximum Gasteiger partial charge on any atom is 0.0601 e. The molecule has 0 aliphatic heterocycles. The molecule has 0 saturated heterocycles. The SMILES string of the molecule is CCCCC1CC2CC(C1O)C2(C)C.CN. The number of nitrogens with two attached hydrogens (primary N) is 1. The lowest BCUT2D eigenvalue weighted by atomic mass is 9.45. The number of hydrogen-bond acceptors (Lipinski definition) is 2. The molecule has 0 amide bonds. The molecule has 4 atom stereocenters. The third-order valence-corrected chi connectivity index (χ3v) is 4.96. The van der Waals surface area contributed by atoms with E-state index in [0.29, 0.717) is 17.3 Å². The minimum absolute atomic E-state index is 0.00144. The van der Waals surface area contributed by atoms with Gasteiger partial charge in [0, 0.05) is 0 Å². The number of hydrogen-bond donors (Lipinski definition) is 2. The predicted octanol–water partition coefficient (Wildman–Crippen LogP) is 2.79. The Bertz CT molecular complexity index is 215. The van der Waals surface area contributed by atoms with Crippen LogP contribution in [0.25, 0.3) is 0 Å². The van der Waals surface area contributed by atoms with Crippen LogP contribution in [-0.4, -0.2) is 18.3 Å². The highest BCUT2D eigenvalue weighted by Gasteiger charge is 2.56. The molecule has 96 valence electrons.